The van der Waals surface area contributed by atoms with E-state index in [-0.39, 0.29) is 18.6 Å². The molecule has 3 N–H and O–H groups in total. The first-order valence-electron chi connectivity index (χ1n) is 4.34. The van der Waals surface area contributed by atoms with Crippen molar-refractivity contribution < 1.29 is 21.6 Å². The molecule has 0 amide bonds. The molecule has 0 heterocycles. The molecule has 0 aliphatic heterocycles. The highest BCUT2D eigenvalue weighted by Gasteiger charge is 2.31. The molecule has 0 aliphatic rings. The molecule has 15 heavy (non-hydrogen) atoms. The average Bonchev–Trinajstić information content (AvgIpc) is 1.97. The third kappa shape index (κ3) is 9.95. The summed E-state index contributed by atoms with van der Waals surface area (Å²) < 4.78 is 57.2. The number of rotatable bonds is 6. The topological polar surface area (TPSA) is 72.2 Å². The van der Waals surface area contributed by atoms with Gasteiger partial charge >= 0.3 is 6.18 Å². The van der Waals surface area contributed by atoms with Crippen LogP contribution in [0, 0.1) is 0 Å². The fraction of sp³-hybridized carbons (Fsp3) is 1.00. The Balaban J connectivity index is 3.92. The predicted molar refractivity (Wildman–Crippen MR) is 50.7 cm³/mol. The van der Waals surface area contributed by atoms with Gasteiger partial charge in [0.1, 0.15) is 9.84 Å². The Morgan fingerprint density at radius 3 is 2.27 bits per heavy atom. The van der Waals surface area contributed by atoms with E-state index in [1.165, 1.54) is 0 Å². The van der Waals surface area contributed by atoms with Crippen LogP contribution in [-0.4, -0.2) is 32.6 Å². The molecule has 0 radical (unpaired) electrons. The third-order valence-corrected chi connectivity index (χ3v) is 2.81. The third-order valence-electron chi connectivity index (χ3n) is 1.78. The quantitative estimate of drug-likeness (QED) is 0.533. The first kappa shape index (κ1) is 14.7. The lowest BCUT2D eigenvalue weighted by Gasteiger charge is -2.17. The standard InChI is InChI=1S/C7H15F3N2O2S/c1-15(13,14)4-2-3-6(12-11)5-7(8,9)10/h6,12H,2-5,11H2,1H3. The maximum Gasteiger partial charge on any atom is 0.390 e. The van der Waals surface area contributed by atoms with Crippen molar-refractivity contribution in [2.24, 2.45) is 5.84 Å². The Morgan fingerprint density at radius 2 is 1.93 bits per heavy atom. The lowest BCUT2D eigenvalue weighted by Crippen LogP contribution is -2.38. The normalized spacial score (nSPS) is 15.3. The van der Waals surface area contributed by atoms with Gasteiger partial charge < -0.3 is 0 Å². The van der Waals surface area contributed by atoms with E-state index in [1.807, 2.05) is 5.43 Å². The van der Waals surface area contributed by atoms with Crippen LogP contribution in [0.15, 0.2) is 0 Å². The first-order chi connectivity index (χ1) is 6.64. The SMILES string of the molecule is CS(=O)(=O)CCCC(CC(F)(F)F)NN. The van der Waals surface area contributed by atoms with Crippen LogP contribution in [0.3, 0.4) is 0 Å². The molecular weight excluding hydrogens is 233 g/mol. The minimum Gasteiger partial charge on any atom is -0.271 e. The van der Waals surface area contributed by atoms with Gasteiger partial charge in [0.15, 0.2) is 0 Å². The van der Waals surface area contributed by atoms with Gasteiger partial charge in [0.25, 0.3) is 0 Å². The van der Waals surface area contributed by atoms with Crippen molar-refractivity contribution in [1.82, 2.24) is 5.43 Å². The molecule has 0 fully saturated rings. The van der Waals surface area contributed by atoms with Gasteiger partial charge in [0.05, 0.1) is 6.42 Å². The summed E-state index contributed by atoms with van der Waals surface area (Å²) in [6, 6.07) is -0.924. The van der Waals surface area contributed by atoms with Crippen molar-refractivity contribution >= 4 is 9.84 Å². The number of halogens is 3. The second kappa shape index (κ2) is 5.66. The fourth-order valence-corrected chi connectivity index (χ4v) is 1.81. The molecule has 0 rings (SSSR count). The van der Waals surface area contributed by atoms with Crippen LogP contribution < -0.4 is 11.3 Å². The number of hydrogen-bond acceptors (Lipinski definition) is 4. The van der Waals surface area contributed by atoms with E-state index in [9.17, 15) is 21.6 Å². The van der Waals surface area contributed by atoms with Crippen molar-refractivity contribution in [2.75, 3.05) is 12.0 Å². The highest BCUT2D eigenvalue weighted by molar-refractivity contribution is 7.90. The molecule has 1 unspecified atom stereocenters. The van der Waals surface area contributed by atoms with E-state index in [0.717, 1.165) is 6.26 Å². The summed E-state index contributed by atoms with van der Waals surface area (Å²) in [7, 11) is -3.12. The Hall–Kier alpha value is -0.340. The van der Waals surface area contributed by atoms with Crippen molar-refractivity contribution in [3.05, 3.63) is 0 Å². The zero-order chi connectivity index (χ0) is 12.1. The Bertz CT molecular complexity index is 276. The Kier molecular flexibility index (Phi) is 5.54. The number of hydrazine groups is 1. The summed E-state index contributed by atoms with van der Waals surface area (Å²) in [5.74, 6) is 4.81. The van der Waals surface area contributed by atoms with E-state index in [2.05, 4.69) is 0 Å². The van der Waals surface area contributed by atoms with E-state index in [0.29, 0.717) is 0 Å². The Morgan fingerprint density at radius 1 is 1.40 bits per heavy atom. The highest BCUT2D eigenvalue weighted by atomic mass is 32.2. The van der Waals surface area contributed by atoms with Crippen LogP contribution in [0.1, 0.15) is 19.3 Å². The average molecular weight is 248 g/mol. The molecule has 0 spiro atoms. The summed E-state index contributed by atoms with van der Waals surface area (Å²) in [4.78, 5) is 0. The minimum absolute atomic E-state index is 0.0864. The van der Waals surface area contributed by atoms with Crippen LogP contribution in [-0.2, 0) is 9.84 Å². The molecule has 0 saturated carbocycles. The first-order valence-corrected chi connectivity index (χ1v) is 6.41. The monoisotopic (exact) mass is 248 g/mol. The molecule has 4 nitrogen and oxygen atoms in total. The predicted octanol–water partition coefficient (Wildman–Crippen LogP) is 0.596. The van der Waals surface area contributed by atoms with Crippen LogP contribution in [0.2, 0.25) is 0 Å². The number of sulfone groups is 1. The molecular formula is C7H15F3N2O2S. The maximum atomic E-state index is 11.9. The van der Waals surface area contributed by atoms with Gasteiger partial charge in [-0.2, -0.15) is 13.2 Å². The van der Waals surface area contributed by atoms with Gasteiger partial charge in [0.2, 0.25) is 0 Å². The van der Waals surface area contributed by atoms with Crippen molar-refractivity contribution in [1.29, 1.82) is 0 Å². The second-order valence-electron chi connectivity index (χ2n) is 3.45. The second-order valence-corrected chi connectivity index (χ2v) is 5.71. The number of nitrogens with one attached hydrogen (secondary N) is 1. The molecule has 0 aromatic heterocycles. The maximum absolute atomic E-state index is 11.9. The molecule has 8 heteroatoms. The van der Waals surface area contributed by atoms with E-state index >= 15 is 0 Å². The van der Waals surface area contributed by atoms with Gasteiger partial charge in [-0.15, -0.1) is 0 Å². The van der Waals surface area contributed by atoms with E-state index < -0.39 is 28.5 Å². The minimum atomic E-state index is -4.29. The summed E-state index contributed by atoms with van der Waals surface area (Å²) in [5.41, 5.74) is 2.03. The van der Waals surface area contributed by atoms with Crippen LogP contribution in [0.25, 0.3) is 0 Å². The molecule has 92 valence electrons. The zero-order valence-electron chi connectivity index (χ0n) is 8.34. The van der Waals surface area contributed by atoms with Crippen molar-refractivity contribution in [2.45, 2.75) is 31.5 Å². The molecule has 1 atom stereocenters. The summed E-state index contributed by atoms with van der Waals surface area (Å²) in [6.45, 7) is 0. The van der Waals surface area contributed by atoms with Crippen LogP contribution in [0.4, 0.5) is 13.2 Å². The van der Waals surface area contributed by atoms with Crippen molar-refractivity contribution in [3.8, 4) is 0 Å². The van der Waals surface area contributed by atoms with Gasteiger partial charge in [-0.05, 0) is 12.8 Å². The number of hydrogen-bond donors (Lipinski definition) is 2. The zero-order valence-corrected chi connectivity index (χ0v) is 9.16. The number of nitrogens with two attached hydrogens (primary N) is 1. The van der Waals surface area contributed by atoms with Crippen LogP contribution in [0.5, 0.6) is 0 Å². The highest BCUT2D eigenvalue weighted by Crippen LogP contribution is 2.22. The lowest BCUT2D eigenvalue weighted by atomic mass is 10.1. The smallest absolute Gasteiger partial charge is 0.271 e. The van der Waals surface area contributed by atoms with Gasteiger partial charge in [-0.25, -0.2) is 8.42 Å². The molecule has 0 saturated heterocycles. The molecule has 0 bridgehead atoms. The number of alkyl halides is 3. The van der Waals surface area contributed by atoms with Gasteiger partial charge in [-0.3, -0.25) is 11.3 Å². The summed E-state index contributed by atoms with van der Waals surface area (Å²) >= 11 is 0. The molecule has 0 aliphatic carbocycles. The fourth-order valence-electron chi connectivity index (χ4n) is 1.12. The molecule has 0 aromatic rings. The largest absolute Gasteiger partial charge is 0.390 e. The van der Waals surface area contributed by atoms with Crippen molar-refractivity contribution in [3.63, 3.8) is 0 Å². The van der Waals surface area contributed by atoms with Gasteiger partial charge in [-0.1, -0.05) is 0 Å². The van der Waals surface area contributed by atoms with E-state index in [1.54, 1.807) is 0 Å². The van der Waals surface area contributed by atoms with E-state index in [4.69, 9.17) is 5.84 Å². The summed E-state index contributed by atoms with van der Waals surface area (Å²) in [5, 5.41) is 0. The van der Waals surface area contributed by atoms with Gasteiger partial charge in [0, 0.05) is 18.1 Å². The molecule has 0 aromatic carbocycles. The lowest BCUT2D eigenvalue weighted by molar-refractivity contribution is -0.140. The Labute approximate surface area is 86.9 Å². The summed E-state index contributed by atoms with van der Waals surface area (Å²) in [6.07, 6.45) is -4.04. The van der Waals surface area contributed by atoms with Crippen LogP contribution >= 0.6 is 0 Å².